The molecule has 11 rings (SSSR count). The molecule has 0 atom stereocenters. The molecule has 2 aliphatic carbocycles. The highest BCUT2D eigenvalue weighted by molar-refractivity contribution is 6.28. The van der Waals surface area contributed by atoms with Crippen LogP contribution in [0.5, 0.6) is 0 Å². The Bertz CT molecular complexity index is 2890. The number of anilines is 3. The van der Waals surface area contributed by atoms with Crippen LogP contribution >= 0.6 is 0 Å². The Morgan fingerprint density at radius 1 is 0.370 bits per heavy atom. The van der Waals surface area contributed by atoms with Crippen molar-refractivity contribution >= 4 is 49.4 Å². The molecule has 0 bridgehead atoms. The van der Waals surface area contributed by atoms with E-state index >= 15 is 0 Å². The maximum atomic E-state index is 2.50. The Morgan fingerprint density at radius 2 is 0.796 bits per heavy atom. The van der Waals surface area contributed by atoms with E-state index in [9.17, 15) is 0 Å². The summed E-state index contributed by atoms with van der Waals surface area (Å²) < 4.78 is 0. The van der Waals surface area contributed by atoms with Crippen LogP contribution in [-0.4, -0.2) is 0 Å². The standard InChI is InChI=1S/C53H39N/c1-52(2,3)34-27-29-35(30-28-34)54(50-26-14-22-44-39-16-5-4-15-37(39)38-17-6-7-21-43(38)51(44)50)36-31-32-49-45(33-36)42-20-10-13-25-48(42)53(49)46-23-11-8-18-40(46)41-19-9-12-24-47(41)53/h4-33H,1-3H3. The van der Waals surface area contributed by atoms with E-state index in [2.05, 4.69) is 208 Å². The van der Waals surface area contributed by atoms with Crippen molar-refractivity contribution in [3.8, 4) is 22.3 Å². The van der Waals surface area contributed by atoms with Gasteiger partial charge in [0, 0.05) is 16.8 Å². The number of rotatable bonds is 3. The van der Waals surface area contributed by atoms with Gasteiger partial charge in [-0.3, -0.25) is 0 Å². The van der Waals surface area contributed by atoms with Crippen LogP contribution in [0.25, 0.3) is 54.6 Å². The maximum Gasteiger partial charge on any atom is 0.0725 e. The smallest absolute Gasteiger partial charge is 0.0725 e. The van der Waals surface area contributed by atoms with Crippen LogP contribution in [0.4, 0.5) is 17.1 Å². The van der Waals surface area contributed by atoms with Crippen molar-refractivity contribution in [1.82, 2.24) is 0 Å². The SMILES string of the molecule is CC(C)(C)c1ccc(N(c2ccc3c(c2)-c2ccccc2C32c3ccccc3-c3ccccc32)c2cccc3c4ccccc4c4ccccc4c23)cc1. The number of nitrogens with zero attached hydrogens (tertiary/aromatic N) is 1. The molecular formula is C53H39N. The summed E-state index contributed by atoms with van der Waals surface area (Å²) in [7, 11) is 0. The van der Waals surface area contributed by atoms with Gasteiger partial charge in [-0.2, -0.15) is 0 Å². The van der Waals surface area contributed by atoms with Crippen molar-refractivity contribution < 1.29 is 0 Å². The first kappa shape index (κ1) is 31.1. The molecule has 54 heavy (non-hydrogen) atoms. The summed E-state index contributed by atoms with van der Waals surface area (Å²) in [4.78, 5) is 2.50. The molecule has 9 aromatic carbocycles. The summed E-state index contributed by atoms with van der Waals surface area (Å²) in [6.45, 7) is 6.86. The van der Waals surface area contributed by atoms with Crippen molar-refractivity contribution in [3.63, 3.8) is 0 Å². The largest absolute Gasteiger partial charge is 0.310 e. The lowest BCUT2D eigenvalue weighted by Gasteiger charge is -2.31. The van der Waals surface area contributed by atoms with Crippen molar-refractivity contribution in [1.29, 1.82) is 0 Å². The molecule has 1 nitrogen and oxygen atoms in total. The Labute approximate surface area is 316 Å². The second kappa shape index (κ2) is 11.3. The summed E-state index contributed by atoms with van der Waals surface area (Å²) in [5.41, 5.74) is 15.2. The minimum Gasteiger partial charge on any atom is -0.310 e. The van der Waals surface area contributed by atoms with E-state index in [-0.39, 0.29) is 10.8 Å². The highest BCUT2D eigenvalue weighted by Gasteiger charge is 2.51. The minimum atomic E-state index is -0.370. The van der Waals surface area contributed by atoms with Gasteiger partial charge < -0.3 is 4.90 Å². The minimum absolute atomic E-state index is 0.0530. The van der Waals surface area contributed by atoms with E-state index in [1.54, 1.807) is 0 Å². The fourth-order valence-electron chi connectivity index (χ4n) is 9.89. The monoisotopic (exact) mass is 689 g/mol. The average molecular weight is 690 g/mol. The second-order valence-electron chi connectivity index (χ2n) is 16.0. The van der Waals surface area contributed by atoms with Crippen LogP contribution < -0.4 is 4.90 Å². The molecule has 0 aliphatic heterocycles. The van der Waals surface area contributed by atoms with Crippen LogP contribution in [0.1, 0.15) is 48.6 Å². The summed E-state index contributed by atoms with van der Waals surface area (Å²) in [6, 6.07) is 68.3. The molecule has 1 heteroatoms. The van der Waals surface area contributed by atoms with E-state index in [0.717, 1.165) is 11.4 Å². The summed E-state index contributed by atoms with van der Waals surface area (Å²) in [6.07, 6.45) is 0. The molecule has 0 saturated carbocycles. The molecule has 9 aromatic rings. The molecule has 0 aromatic heterocycles. The van der Waals surface area contributed by atoms with Crippen LogP contribution in [0.2, 0.25) is 0 Å². The summed E-state index contributed by atoms with van der Waals surface area (Å²) in [5.74, 6) is 0. The van der Waals surface area contributed by atoms with Crippen LogP contribution in [-0.2, 0) is 10.8 Å². The van der Waals surface area contributed by atoms with Gasteiger partial charge in [-0.05, 0) is 113 Å². The zero-order valence-electron chi connectivity index (χ0n) is 30.8. The fourth-order valence-corrected chi connectivity index (χ4v) is 9.89. The molecule has 0 amide bonds. The lowest BCUT2D eigenvalue weighted by atomic mass is 9.70. The molecule has 0 saturated heterocycles. The average Bonchev–Trinajstić information content (AvgIpc) is 3.68. The van der Waals surface area contributed by atoms with Gasteiger partial charge in [0.15, 0.2) is 0 Å². The highest BCUT2D eigenvalue weighted by Crippen LogP contribution is 2.63. The van der Waals surface area contributed by atoms with Gasteiger partial charge in [0.2, 0.25) is 0 Å². The third kappa shape index (κ3) is 4.15. The molecular weight excluding hydrogens is 651 g/mol. The second-order valence-corrected chi connectivity index (χ2v) is 16.0. The molecule has 256 valence electrons. The normalized spacial score (nSPS) is 13.6. The van der Waals surface area contributed by atoms with Gasteiger partial charge in [-0.15, -0.1) is 0 Å². The third-order valence-corrected chi connectivity index (χ3v) is 12.2. The first-order valence-electron chi connectivity index (χ1n) is 19.1. The van der Waals surface area contributed by atoms with Crippen LogP contribution in [0.15, 0.2) is 182 Å². The molecule has 0 N–H and O–H groups in total. The zero-order chi connectivity index (χ0) is 36.2. The van der Waals surface area contributed by atoms with Crippen molar-refractivity contribution in [2.75, 3.05) is 4.90 Å². The molecule has 0 unspecified atom stereocenters. The van der Waals surface area contributed by atoms with Crippen molar-refractivity contribution in [2.45, 2.75) is 31.6 Å². The van der Waals surface area contributed by atoms with Crippen LogP contribution in [0, 0.1) is 0 Å². The van der Waals surface area contributed by atoms with Gasteiger partial charge in [-0.1, -0.05) is 172 Å². The van der Waals surface area contributed by atoms with Crippen molar-refractivity contribution in [2.24, 2.45) is 0 Å². The fraction of sp³-hybridized carbons (Fsp3) is 0.0943. The zero-order valence-corrected chi connectivity index (χ0v) is 30.8. The lowest BCUT2D eigenvalue weighted by Crippen LogP contribution is -2.25. The van der Waals surface area contributed by atoms with Crippen molar-refractivity contribution in [3.05, 3.63) is 210 Å². The van der Waals surface area contributed by atoms with E-state index in [0.29, 0.717) is 0 Å². The Balaban J connectivity index is 1.22. The van der Waals surface area contributed by atoms with Gasteiger partial charge in [0.1, 0.15) is 0 Å². The van der Waals surface area contributed by atoms with Gasteiger partial charge >= 0.3 is 0 Å². The predicted octanol–water partition coefficient (Wildman–Crippen LogP) is 14.3. The Kier molecular flexibility index (Phi) is 6.50. The molecule has 2 aliphatic rings. The number of hydrogen-bond donors (Lipinski definition) is 0. The molecule has 0 heterocycles. The third-order valence-electron chi connectivity index (χ3n) is 12.2. The highest BCUT2D eigenvalue weighted by atomic mass is 15.1. The number of benzene rings is 9. The van der Waals surface area contributed by atoms with E-state index < -0.39 is 0 Å². The Morgan fingerprint density at radius 3 is 1.35 bits per heavy atom. The van der Waals surface area contributed by atoms with Gasteiger partial charge in [0.05, 0.1) is 11.1 Å². The van der Waals surface area contributed by atoms with Gasteiger partial charge in [-0.25, -0.2) is 0 Å². The first-order chi connectivity index (χ1) is 26.4. The Hall–Kier alpha value is -6.44. The number of hydrogen-bond acceptors (Lipinski definition) is 1. The molecule has 0 radical (unpaired) electrons. The van der Waals surface area contributed by atoms with Gasteiger partial charge in [0.25, 0.3) is 0 Å². The molecule has 0 fully saturated rings. The van der Waals surface area contributed by atoms with E-state index in [1.165, 1.54) is 88.1 Å². The predicted molar refractivity (Wildman–Crippen MR) is 229 cm³/mol. The molecule has 1 spiro atoms. The van der Waals surface area contributed by atoms with Crippen LogP contribution in [0.3, 0.4) is 0 Å². The number of fused-ring (bicyclic) bond motifs is 16. The lowest BCUT2D eigenvalue weighted by molar-refractivity contribution is 0.590. The quantitative estimate of drug-likeness (QED) is 0.167. The summed E-state index contributed by atoms with van der Waals surface area (Å²) in [5, 5.41) is 7.64. The van der Waals surface area contributed by atoms with E-state index in [4.69, 9.17) is 0 Å². The van der Waals surface area contributed by atoms with E-state index in [1.807, 2.05) is 0 Å². The maximum absolute atomic E-state index is 2.50. The summed E-state index contributed by atoms with van der Waals surface area (Å²) >= 11 is 0. The topological polar surface area (TPSA) is 3.24 Å². The first-order valence-corrected chi connectivity index (χ1v) is 19.1.